The molecule has 2 nitrogen and oxygen atoms in total. The van der Waals surface area contributed by atoms with Crippen LogP contribution in [0, 0.1) is 0 Å². The number of hydrogen-bond donors (Lipinski definition) is 1. The van der Waals surface area contributed by atoms with Crippen LogP contribution in [0.25, 0.3) is 10.9 Å². The van der Waals surface area contributed by atoms with Gasteiger partial charge in [0.15, 0.2) is 0 Å². The third-order valence-corrected chi connectivity index (χ3v) is 5.22. The van der Waals surface area contributed by atoms with Crippen molar-refractivity contribution in [2.24, 2.45) is 0 Å². The molecule has 19 heavy (non-hydrogen) atoms. The molecule has 0 bridgehead atoms. The standard InChI is InChI=1S/C14H12BrCl2NO/c1-2-6-3-7(19)4-8-11-9(15)5-10(16)12(17)14(11)18-13(6)8/h5-6,18H,2-4H2,1H3. The van der Waals surface area contributed by atoms with Crippen LogP contribution in [0.4, 0.5) is 0 Å². The van der Waals surface area contributed by atoms with E-state index in [1.165, 1.54) is 0 Å². The monoisotopic (exact) mass is 359 g/mol. The Hall–Kier alpha value is -0.510. The molecular formula is C14H12BrCl2NO. The number of hydrogen-bond acceptors (Lipinski definition) is 1. The van der Waals surface area contributed by atoms with Gasteiger partial charge in [0.25, 0.3) is 0 Å². The van der Waals surface area contributed by atoms with Crippen molar-refractivity contribution in [3.8, 4) is 0 Å². The highest BCUT2D eigenvalue weighted by Crippen LogP contribution is 2.43. The summed E-state index contributed by atoms with van der Waals surface area (Å²) in [5.41, 5.74) is 3.05. The van der Waals surface area contributed by atoms with E-state index in [0.29, 0.717) is 28.7 Å². The lowest BCUT2D eigenvalue weighted by Gasteiger charge is -2.20. The molecule has 0 saturated heterocycles. The molecule has 1 aromatic heterocycles. The van der Waals surface area contributed by atoms with E-state index in [4.69, 9.17) is 23.2 Å². The van der Waals surface area contributed by atoms with Crippen LogP contribution < -0.4 is 0 Å². The number of carbonyl (C=O) groups excluding carboxylic acids is 1. The van der Waals surface area contributed by atoms with Gasteiger partial charge in [-0.05, 0) is 18.1 Å². The first-order valence-corrected chi connectivity index (χ1v) is 7.77. The van der Waals surface area contributed by atoms with E-state index < -0.39 is 0 Å². The first-order chi connectivity index (χ1) is 9.02. The van der Waals surface area contributed by atoms with E-state index >= 15 is 0 Å². The number of fused-ring (bicyclic) bond motifs is 3. The van der Waals surface area contributed by atoms with Crippen molar-refractivity contribution in [3.63, 3.8) is 0 Å². The smallest absolute Gasteiger partial charge is 0.138 e. The summed E-state index contributed by atoms with van der Waals surface area (Å²) < 4.78 is 0.888. The fourth-order valence-electron chi connectivity index (χ4n) is 2.88. The highest BCUT2D eigenvalue weighted by molar-refractivity contribution is 9.10. The Morgan fingerprint density at radius 3 is 2.89 bits per heavy atom. The van der Waals surface area contributed by atoms with Crippen LogP contribution in [0.2, 0.25) is 10.0 Å². The second-order valence-corrected chi connectivity index (χ2v) is 6.59. The lowest BCUT2D eigenvalue weighted by Crippen LogP contribution is -2.17. The maximum atomic E-state index is 11.9. The summed E-state index contributed by atoms with van der Waals surface area (Å²) >= 11 is 15.9. The van der Waals surface area contributed by atoms with Crippen LogP contribution in [0.5, 0.6) is 0 Å². The molecule has 1 atom stereocenters. The molecule has 0 radical (unpaired) electrons. The molecule has 0 amide bonds. The number of rotatable bonds is 1. The molecule has 2 aromatic rings. The summed E-state index contributed by atoms with van der Waals surface area (Å²) in [6.07, 6.45) is 2.02. The van der Waals surface area contributed by atoms with Crippen LogP contribution in [0.3, 0.4) is 0 Å². The third kappa shape index (κ3) is 2.03. The van der Waals surface area contributed by atoms with Gasteiger partial charge in [-0.15, -0.1) is 0 Å². The number of halogens is 3. The SMILES string of the molecule is CCC1CC(=O)Cc2c1[nH]c1c(Cl)c(Cl)cc(Br)c21. The zero-order valence-corrected chi connectivity index (χ0v) is 13.4. The molecule has 3 rings (SSSR count). The lowest BCUT2D eigenvalue weighted by molar-refractivity contribution is -0.119. The number of H-pyrrole nitrogens is 1. The summed E-state index contributed by atoms with van der Waals surface area (Å²) in [5, 5.41) is 2.03. The minimum absolute atomic E-state index is 0.255. The maximum absolute atomic E-state index is 11.9. The summed E-state index contributed by atoms with van der Waals surface area (Å²) in [6.45, 7) is 2.10. The van der Waals surface area contributed by atoms with E-state index in [0.717, 1.165) is 33.1 Å². The van der Waals surface area contributed by atoms with Crippen LogP contribution in [0.15, 0.2) is 10.5 Å². The first kappa shape index (κ1) is 13.5. The van der Waals surface area contributed by atoms with Crippen molar-refractivity contribution in [1.82, 2.24) is 4.98 Å². The molecule has 0 spiro atoms. The minimum Gasteiger partial charge on any atom is -0.357 e. The average molecular weight is 361 g/mol. The zero-order chi connectivity index (χ0) is 13.7. The van der Waals surface area contributed by atoms with E-state index in [1.54, 1.807) is 6.07 Å². The van der Waals surface area contributed by atoms with E-state index in [-0.39, 0.29) is 5.92 Å². The fourth-order valence-corrected chi connectivity index (χ4v) is 4.08. The quantitative estimate of drug-likeness (QED) is 0.692. The Morgan fingerprint density at radius 1 is 1.47 bits per heavy atom. The number of ketones is 1. The number of nitrogens with one attached hydrogen (secondary N) is 1. The molecule has 100 valence electrons. The highest BCUT2D eigenvalue weighted by Gasteiger charge is 2.29. The molecule has 0 saturated carbocycles. The number of benzene rings is 1. The predicted octanol–water partition coefficient (Wildman–Crippen LogP) is 5.25. The van der Waals surface area contributed by atoms with Crippen molar-refractivity contribution in [2.45, 2.75) is 32.1 Å². The molecule has 1 heterocycles. The Labute approximate surface area is 129 Å². The fraction of sp³-hybridized carbons (Fsp3) is 0.357. The summed E-state index contributed by atoms with van der Waals surface area (Å²) in [4.78, 5) is 15.3. The Balaban J connectivity index is 2.37. The van der Waals surface area contributed by atoms with Crippen molar-refractivity contribution in [1.29, 1.82) is 0 Å². The number of aromatic amines is 1. The maximum Gasteiger partial charge on any atom is 0.138 e. The van der Waals surface area contributed by atoms with Gasteiger partial charge in [-0.3, -0.25) is 4.79 Å². The summed E-state index contributed by atoms with van der Waals surface area (Å²) in [5.74, 6) is 0.545. The molecule has 5 heteroatoms. The van der Waals surface area contributed by atoms with Gasteiger partial charge in [0.1, 0.15) is 5.78 Å². The number of carbonyl (C=O) groups is 1. The first-order valence-electron chi connectivity index (χ1n) is 6.22. The van der Waals surface area contributed by atoms with Crippen molar-refractivity contribution >= 4 is 55.8 Å². The largest absolute Gasteiger partial charge is 0.357 e. The topological polar surface area (TPSA) is 32.9 Å². The minimum atomic E-state index is 0.255. The number of Topliss-reactive ketones (excluding diaryl/α,β-unsaturated/α-hetero) is 1. The highest BCUT2D eigenvalue weighted by atomic mass is 79.9. The van der Waals surface area contributed by atoms with Crippen LogP contribution in [-0.2, 0) is 11.2 Å². The molecule has 1 unspecified atom stereocenters. The van der Waals surface area contributed by atoms with Gasteiger partial charge in [-0.2, -0.15) is 0 Å². The van der Waals surface area contributed by atoms with Crippen LogP contribution in [0.1, 0.15) is 36.9 Å². The molecule has 0 aliphatic heterocycles. The molecule has 1 aliphatic carbocycles. The lowest BCUT2D eigenvalue weighted by atomic mass is 9.84. The summed E-state index contributed by atoms with van der Waals surface area (Å²) in [7, 11) is 0. The van der Waals surface area contributed by atoms with Gasteiger partial charge in [0, 0.05) is 34.3 Å². The normalized spacial score (nSPS) is 18.9. The van der Waals surface area contributed by atoms with Gasteiger partial charge in [0.05, 0.1) is 15.6 Å². The molecule has 1 N–H and O–H groups in total. The van der Waals surface area contributed by atoms with Crippen molar-refractivity contribution in [3.05, 3.63) is 31.8 Å². The van der Waals surface area contributed by atoms with Gasteiger partial charge in [0.2, 0.25) is 0 Å². The zero-order valence-electron chi connectivity index (χ0n) is 10.3. The van der Waals surface area contributed by atoms with Gasteiger partial charge < -0.3 is 4.98 Å². The molecule has 1 aromatic carbocycles. The second kappa shape index (κ2) is 4.80. The second-order valence-electron chi connectivity index (χ2n) is 4.95. The van der Waals surface area contributed by atoms with E-state index in [9.17, 15) is 4.79 Å². The Bertz CT molecular complexity index is 693. The molecular weight excluding hydrogens is 349 g/mol. The van der Waals surface area contributed by atoms with Gasteiger partial charge in [-0.25, -0.2) is 0 Å². The Kier molecular flexibility index (Phi) is 3.40. The molecule has 1 aliphatic rings. The number of aromatic nitrogens is 1. The van der Waals surface area contributed by atoms with Gasteiger partial charge >= 0.3 is 0 Å². The summed E-state index contributed by atoms with van der Waals surface area (Å²) in [6, 6.07) is 1.79. The Morgan fingerprint density at radius 2 is 2.21 bits per heavy atom. The average Bonchev–Trinajstić information content (AvgIpc) is 2.74. The molecule has 0 fully saturated rings. The van der Waals surface area contributed by atoms with Crippen molar-refractivity contribution in [2.75, 3.05) is 0 Å². The van der Waals surface area contributed by atoms with Crippen LogP contribution >= 0.6 is 39.1 Å². The third-order valence-electron chi connectivity index (χ3n) is 3.81. The van der Waals surface area contributed by atoms with Crippen LogP contribution in [-0.4, -0.2) is 10.8 Å². The van der Waals surface area contributed by atoms with Gasteiger partial charge in [-0.1, -0.05) is 46.1 Å². The van der Waals surface area contributed by atoms with E-state index in [2.05, 4.69) is 27.8 Å². The van der Waals surface area contributed by atoms with Crippen molar-refractivity contribution < 1.29 is 4.79 Å². The predicted molar refractivity (Wildman–Crippen MR) is 82.4 cm³/mol. The van der Waals surface area contributed by atoms with E-state index in [1.807, 2.05) is 0 Å².